The van der Waals surface area contributed by atoms with Crippen molar-refractivity contribution in [3.05, 3.63) is 63.1 Å². The molecule has 108 valence electrons. The van der Waals surface area contributed by atoms with Crippen LogP contribution in [-0.4, -0.2) is 17.0 Å². The molecule has 1 amide bonds. The van der Waals surface area contributed by atoms with Crippen LogP contribution in [0.5, 0.6) is 0 Å². The van der Waals surface area contributed by atoms with Crippen molar-refractivity contribution in [2.75, 3.05) is 5.32 Å². The Bertz CT molecular complexity index is 686. The van der Waals surface area contributed by atoms with E-state index in [1.54, 1.807) is 36.4 Å². The molecular weight excluding hydrogens is 358 g/mol. The molecule has 2 rings (SSSR count). The van der Waals surface area contributed by atoms with Gasteiger partial charge in [0.2, 0.25) is 5.91 Å². The second-order valence-corrected chi connectivity index (χ2v) is 5.70. The third kappa shape index (κ3) is 4.31. The van der Waals surface area contributed by atoms with Crippen LogP contribution in [-0.2, 0) is 11.2 Å². The van der Waals surface area contributed by atoms with Crippen molar-refractivity contribution >= 4 is 45.1 Å². The highest BCUT2D eigenvalue weighted by Gasteiger charge is 2.13. The maximum Gasteiger partial charge on any atom is 0.337 e. The van der Waals surface area contributed by atoms with Crippen LogP contribution in [0.2, 0.25) is 5.02 Å². The second-order valence-electron chi connectivity index (χ2n) is 4.35. The Labute approximate surface area is 134 Å². The highest BCUT2D eigenvalue weighted by atomic mass is 79.9. The van der Waals surface area contributed by atoms with Gasteiger partial charge in [0.1, 0.15) is 0 Å². The van der Waals surface area contributed by atoms with Gasteiger partial charge in [-0.15, -0.1) is 0 Å². The molecule has 0 aromatic heterocycles. The number of halogens is 2. The van der Waals surface area contributed by atoms with Crippen molar-refractivity contribution in [2.24, 2.45) is 0 Å². The standard InChI is InChI=1S/C15H11BrClNO3/c16-10-3-6-13(12(8-10)15(20)21)18-14(19)7-9-1-4-11(17)5-2-9/h1-6,8H,7H2,(H,18,19)(H,20,21). The number of carbonyl (C=O) groups is 2. The number of amides is 1. The number of hydrogen-bond acceptors (Lipinski definition) is 2. The molecule has 0 heterocycles. The van der Waals surface area contributed by atoms with E-state index >= 15 is 0 Å². The van der Waals surface area contributed by atoms with Gasteiger partial charge in [-0.25, -0.2) is 4.79 Å². The first-order valence-corrected chi connectivity index (χ1v) is 7.20. The van der Waals surface area contributed by atoms with Crippen molar-refractivity contribution in [1.29, 1.82) is 0 Å². The lowest BCUT2D eigenvalue weighted by atomic mass is 10.1. The first-order chi connectivity index (χ1) is 9.95. The van der Waals surface area contributed by atoms with E-state index in [1.165, 1.54) is 6.07 Å². The van der Waals surface area contributed by atoms with E-state index in [0.717, 1.165) is 5.56 Å². The molecule has 2 N–H and O–H groups in total. The molecule has 2 aromatic carbocycles. The average molecular weight is 369 g/mol. The zero-order valence-corrected chi connectivity index (χ0v) is 13.1. The van der Waals surface area contributed by atoms with Gasteiger partial charge in [0.25, 0.3) is 0 Å². The zero-order valence-electron chi connectivity index (χ0n) is 10.8. The predicted octanol–water partition coefficient (Wildman–Crippen LogP) is 3.98. The van der Waals surface area contributed by atoms with Crippen LogP contribution in [0.1, 0.15) is 15.9 Å². The van der Waals surface area contributed by atoms with Gasteiger partial charge < -0.3 is 10.4 Å². The molecule has 6 heteroatoms. The van der Waals surface area contributed by atoms with Gasteiger partial charge in [-0.3, -0.25) is 4.79 Å². The number of carboxylic acid groups (broad SMARTS) is 1. The smallest absolute Gasteiger partial charge is 0.337 e. The van der Waals surface area contributed by atoms with Crippen molar-refractivity contribution < 1.29 is 14.7 Å². The van der Waals surface area contributed by atoms with Crippen LogP contribution in [0.4, 0.5) is 5.69 Å². The summed E-state index contributed by atoms with van der Waals surface area (Å²) in [5.41, 5.74) is 1.10. The van der Waals surface area contributed by atoms with Crippen LogP contribution >= 0.6 is 27.5 Å². The van der Waals surface area contributed by atoms with E-state index in [4.69, 9.17) is 16.7 Å². The molecule has 0 saturated carbocycles. The van der Waals surface area contributed by atoms with E-state index in [1.807, 2.05) is 0 Å². The fourth-order valence-corrected chi connectivity index (χ4v) is 2.27. The monoisotopic (exact) mass is 367 g/mol. The fourth-order valence-electron chi connectivity index (χ4n) is 1.78. The molecule has 0 fully saturated rings. The summed E-state index contributed by atoms with van der Waals surface area (Å²) in [5.74, 6) is -1.39. The molecule has 0 aliphatic heterocycles. The molecule has 2 aromatic rings. The summed E-state index contributed by atoms with van der Waals surface area (Å²) in [5, 5.41) is 12.3. The Kier molecular flexibility index (Phi) is 4.98. The Hall–Kier alpha value is -1.85. The predicted molar refractivity (Wildman–Crippen MR) is 84.9 cm³/mol. The highest BCUT2D eigenvalue weighted by molar-refractivity contribution is 9.10. The van der Waals surface area contributed by atoms with Crippen molar-refractivity contribution in [3.63, 3.8) is 0 Å². The minimum absolute atomic E-state index is 0.0360. The van der Waals surface area contributed by atoms with Crippen LogP contribution in [0.15, 0.2) is 46.9 Å². The van der Waals surface area contributed by atoms with E-state index in [0.29, 0.717) is 9.50 Å². The molecule has 0 aliphatic carbocycles. The molecule has 0 atom stereocenters. The Morgan fingerprint density at radius 3 is 2.43 bits per heavy atom. The normalized spacial score (nSPS) is 10.2. The minimum Gasteiger partial charge on any atom is -0.478 e. The van der Waals surface area contributed by atoms with Crippen molar-refractivity contribution in [2.45, 2.75) is 6.42 Å². The highest BCUT2D eigenvalue weighted by Crippen LogP contribution is 2.21. The number of hydrogen-bond donors (Lipinski definition) is 2. The van der Waals surface area contributed by atoms with Crippen LogP contribution in [0, 0.1) is 0 Å². The number of aromatic carboxylic acids is 1. The molecular formula is C15H11BrClNO3. The molecule has 0 spiro atoms. The third-order valence-corrected chi connectivity index (χ3v) is 3.51. The van der Waals surface area contributed by atoms with Crippen LogP contribution in [0.3, 0.4) is 0 Å². The number of carboxylic acids is 1. The SMILES string of the molecule is O=C(Cc1ccc(Cl)cc1)Nc1ccc(Br)cc1C(=O)O. The van der Waals surface area contributed by atoms with Gasteiger partial charge in [0.05, 0.1) is 17.7 Å². The van der Waals surface area contributed by atoms with E-state index in [2.05, 4.69) is 21.2 Å². The molecule has 21 heavy (non-hydrogen) atoms. The van der Waals surface area contributed by atoms with Gasteiger partial charge in [-0.05, 0) is 35.9 Å². The van der Waals surface area contributed by atoms with E-state index in [9.17, 15) is 9.59 Å². The van der Waals surface area contributed by atoms with Crippen molar-refractivity contribution in [3.8, 4) is 0 Å². The van der Waals surface area contributed by atoms with Gasteiger partial charge in [0, 0.05) is 9.50 Å². The quantitative estimate of drug-likeness (QED) is 0.858. The Morgan fingerprint density at radius 1 is 1.14 bits per heavy atom. The first kappa shape index (κ1) is 15.5. The number of carbonyl (C=O) groups excluding carboxylic acids is 1. The molecule has 0 unspecified atom stereocenters. The Morgan fingerprint density at radius 2 is 1.81 bits per heavy atom. The first-order valence-electron chi connectivity index (χ1n) is 6.03. The number of nitrogens with one attached hydrogen (secondary N) is 1. The van der Waals surface area contributed by atoms with Crippen molar-refractivity contribution in [1.82, 2.24) is 0 Å². The summed E-state index contributed by atoms with van der Waals surface area (Å²) in [6.45, 7) is 0. The van der Waals surface area contributed by atoms with E-state index in [-0.39, 0.29) is 23.6 Å². The van der Waals surface area contributed by atoms with Crippen LogP contribution < -0.4 is 5.32 Å². The number of anilines is 1. The summed E-state index contributed by atoms with van der Waals surface area (Å²) >= 11 is 8.98. The van der Waals surface area contributed by atoms with E-state index < -0.39 is 5.97 Å². The minimum atomic E-state index is -1.10. The third-order valence-electron chi connectivity index (χ3n) is 2.76. The van der Waals surface area contributed by atoms with Gasteiger partial charge in [0.15, 0.2) is 0 Å². The summed E-state index contributed by atoms with van der Waals surface area (Å²) in [6, 6.07) is 11.6. The molecule has 0 saturated heterocycles. The zero-order chi connectivity index (χ0) is 15.4. The lowest BCUT2D eigenvalue weighted by molar-refractivity contribution is -0.115. The maximum atomic E-state index is 12.0. The summed E-state index contributed by atoms with van der Waals surface area (Å²) in [6.07, 6.45) is 0.145. The topological polar surface area (TPSA) is 66.4 Å². The number of rotatable bonds is 4. The van der Waals surface area contributed by atoms with Crippen LogP contribution in [0.25, 0.3) is 0 Å². The Balaban J connectivity index is 2.12. The largest absolute Gasteiger partial charge is 0.478 e. The molecule has 0 aliphatic rings. The van der Waals surface area contributed by atoms with Gasteiger partial charge in [-0.2, -0.15) is 0 Å². The lowest BCUT2D eigenvalue weighted by Gasteiger charge is -2.09. The average Bonchev–Trinajstić information content (AvgIpc) is 2.43. The summed E-state index contributed by atoms with van der Waals surface area (Å²) in [4.78, 5) is 23.1. The summed E-state index contributed by atoms with van der Waals surface area (Å²) < 4.78 is 0.635. The maximum absolute atomic E-state index is 12.0. The van der Waals surface area contributed by atoms with Gasteiger partial charge in [-0.1, -0.05) is 39.7 Å². The number of benzene rings is 2. The summed E-state index contributed by atoms with van der Waals surface area (Å²) in [7, 11) is 0. The van der Waals surface area contributed by atoms with Gasteiger partial charge >= 0.3 is 5.97 Å². The molecule has 4 nitrogen and oxygen atoms in total. The fraction of sp³-hybridized carbons (Fsp3) is 0.0667. The molecule has 0 bridgehead atoms. The lowest BCUT2D eigenvalue weighted by Crippen LogP contribution is -2.16. The molecule has 0 radical (unpaired) electrons. The second kappa shape index (κ2) is 6.74.